The Bertz CT molecular complexity index is 1080. The zero-order chi connectivity index (χ0) is 22.7. The van der Waals surface area contributed by atoms with Crippen LogP contribution >= 0.6 is 0 Å². The number of pyridine rings is 1. The van der Waals surface area contributed by atoms with Crippen molar-refractivity contribution in [2.75, 3.05) is 18.1 Å². The summed E-state index contributed by atoms with van der Waals surface area (Å²) in [5, 5.41) is 9.86. The molecule has 1 aliphatic heterocycles. The minimum absolute atomic E-state index is 0.0679. The molecule has 6 nitrogen and oxygen atoms in total. The van der Waals surface area contributed by atoms with Crippen LogP contribution in [0.1, 0.15) is 25.8 Å². The molecule has 4 rings (SSSR count). The van der Waals surface area contributed by atoms with Crippen LogP contribution in [0.5, 0.6) is 11.5 Å². The van der Waals surface area contributed by atoms with Gasteiger partial charge in [0.15, 0.2) is 6.10 Å². The monoisotopic (exact) mass is 432 g/mol. The lowest BCUT2D eigenvalue weighted by Gasteiger charge is -2.21. The second-order valence-electron chi connectivity index (χ2n) is 8.68. The number of amides is 1. The summed E-state index contributed by atoms with van der Waals surface area (Å²) in [6.45, 7) is 6.11. The first-order valence-electron chi connectivity index (χ1n) is 10.8. The highest BCUT2D eigenvalue weighted by Gasteiger charge is 2.34. The van der Waals surface area contributed by atoms with Gasteiger partial charge in [-0.15, -0.1) is 0 Å². The molecule has 1 atom stereocenters. The molecular formula is C26H28N2O4. The summed E-state index contributed by atoms with van der Waals surface area (Å²) in [5.41, 5.74) is 2.71. The van der Waals surface area contributed by atoms with Crippen molar-refractivity contribution in [3.63, 3.8) is 0 Å². The lowest BCUT2D eigenvalue weighted by Crippen LogP contribution is -2.32. The number of aliphatic hydroxyl groups is 1. The van der Waals surface area contributed by atoms with E-state index in [1.165, 1.54) is 0 Å². The maximum atomic E-state index is 13.0. The van der Waals surface area contributed by atoms with Gasteiger partial charge in [-0.3, -0.25) is 9.78 Å². The van der Waals surface area contributed by atoms with E-state index in [0.717, 1.165) is 22.5 Å². The van der Waals surface area contributed by atoms with Gasteiger partial charge in [-0.2, -0.15) is 0 Å². The third kappa shape index (κ3) is 5.08. The van der Waals surface area contributed by atoms with Gasteiger partial charge >= 0.3 is 0 Å². The zero-order valence-electron chi connectivity index (χ0n) is 18.6. The standard InChI is InChI=1S/C26H28N2O4/c1-18-15-20(9-12-23(18)31-17-26(2,3)30)28-14-13-24(25(28)29)32-21-10-11-22(27-16-21)19-7-5-4-6-8-19/h4-12,15-16,24,30H,13-14,17H2,1-3H3. The van der Waals surface area contributed by atoms with Crippen molar-refractivity contribution in [1.82, 2.24) is 4.98 Å². The molecule has 6 heteroatoms. The van der Waals surface area contributed by atoms with Crippen molar-refractivity contribution < 1.29 is 19.4 Å². The highest BCUT2D eigenvalue weighted by molar-refractivity contribution is 5.99. The van der Waals surface area contributed by atoms with E-state index >= 15 is 0 Å². The number of carbonyl (C=O) groups excluding carboxylic acids is 1. The fraction of sp³-hybridized carbons (Fsp3) is 0.308. The van der Waals surface area contributed by atoms with E-state index in [-0.39, 0.29) is 12.5 Å². The van der Waals surface area contributed by atoms with Crippen LogP contribution in [0.15, 0.2) is 66.9 Å². The lowest BCUT2D eigenvalue weighted by atomic mass is 10.1. The molecule has 1 unspecified atom stereocenters. The summed E-state index contributed by atoms with van der Waals surface area (Å²) < 4.78 is 11.7. The summed E-state index contributed by atoms with van der Waals surface area (Å²) in [5.74, 6) is 1.21. The maximum absolute atomic E-state index is 13.0. The number of anilines is 1. The van der Waals surface area contributed by atoms with Crippen molar-refractivity contribution in [3.8, 4) is 22.8 Å². The van der Waals surface area contributed by atoms with E-state index in [2.05, 4.69) is 4.98 Å². The van der Waals surface area contributed by atoms with Crippen molar-refractivity contribution in [2.24, 2.45) is 0 Å². The highest BCUT2D eigenvalue weighted by atomic mass is 16.5. The van der Waals surface area contributed by atoms with Gasteiger partial charge in [0.2, 0.25) is 0 Å². The molecular weight excluding hydrogens is 404 g/mol. The molecule has 0 radical (unpaired) electrons. The third-order valence-electron chi connectivity index (χ3n) is 5.29. The molecule has 32 heavy (non-hydrogen) atoms. The van der Waals surface area contributed by atoms with Crippen LogP contribution in [0, 0.1) is 6.92 Å². The molecule has 1 aromatic heterocycles. The summed E-state index contributed by atoms with van der Waals surface area (Å²) in [7, 11) is 0. The minimum atomic E-state index is -0.908. The Morgan fingerprint density at radius 3 is 2.56 bits per heavy atom. The van der Waals surface area contributed by atoms with Gasteiger partial charge in [-0.1, -0.05) is 30.3 Å². The molecule has 166 valence electrons. The fourth-order valence-electron chi connectivity index (χ4n) is 3.63. The second kappa shape index (κ2) is 9.01. The van der Waals surface area contributed by atoms with E-state index in [9.17, 15) is 9.90 Å². The molecule has 0 bridgehead atoms. The van der Waals surface area contributed by atoms with Crippen LogP contribution in [0.3, 0.4) is 0 Å². The van der Waals surface area contributed by atoms with E-state index < -0.39 is 11.7 Å². The van der Waals surface area contributed by atoms with Crippen LogP contribution < -0.4 is 14.4 Å². The SMILES string of the molecule is Cc1cc(N2CCC(Oc3ccc(-c4ccccc4)nc3)C2=O)ccc1OCC(C)(C)O. The predicted octanol–water partition coefficient (Wildman–Crippen LogP) is 4.39. The first-order chi connectivity index (χ1) is 15.3. The van der Waals surface area contributed by atoms with Crippen molar-refractivity contribution >= 4 is 11.6 Å². The Hall–Kier alpha value is -3.38. The first-order valence-corrected chi connectivity index (χ1v) is 10.8. The largest absolute Gasteiger partial charge is 0.490 e. The maximum Gasteiger partial charge on any atom is 0.268 e. The van der Waals surface area contributed by atoms with Crippen LogP contribution in [-0.2, 0) is 4.79 Å². The van der Waals surface area contributed by atoms with E-state index in [0.29, 0.717) is 24.5 Å². The van der Waals surface area contributed by atoms with E-state index in [1.807, 2.05) is 67.6 Å². The van der Waals surface area contributed by atoms with Gasteiger partial charge in [0, 0.05) is 24.2 Å². The molecule has 0 spiro atoms. The Kier molecular flexibility index (Phi) is 6.15. The zero-order valence-corrected chi connectivity index (χ0v) is 18.6. The van der Waals surface area contributed by atoms with Crippen LogP contribution in [0.4, 0.5) is 5.69 Å². The van der Waals surface area contributed by atoms with E-state index in [1.54, 1.807) is 24.9 Å². The number of ether oxygens (including phenoxy) is 2. The van der Waals surface area contributed by atoms with Crippen LogP contribution in [-0.4, -0.2) is 40.9 Å². The van der Waals surface area contributed by atoms with Gasteiger partial charge in [0.1, 0.15) is 18.1 Å². The summed E-state index contributed by atoms with van der Waals surface area (Å²) in [6, 6.07) is 19.3. The summed E-state index contributed by atoms with van der Waals surface area (Å²) in [4.78, 5) is 19.2. The van der Waals surface area contributed by atoms with Crippen molar-refractivity contribution in [3.05, 3.63) is 72.4 Å². The van der Waals surface area contributed by atoms with Gasteiger partial charge < -0.3 is 19.5 Å². The summed E-state index contributed by atoms with van der Waals surface area (Å²) in [6.07, 6.45) is 1.73. The molecule has 0 saturated carbocycles. The topological polar surface area (TPSA) is 71.9 Å². The van der Waals surface area contributed by atoms with Crippen molar-refractivity contribution in [2.45, 2.75) is 38.9 Å². The molecule has 0 aliphatic carbocycles. The number of carbonyl (C=O) groups is 1. The molecule has 1 amide bonds. The number of aryl methyl sites for hydroxylation is 1. The smallest absolute Gasteiger partial charge is 0.268 e. The number of aromatic nitrogens is 1. The van der Waals surface area contributed by atoms with Crippen LogP contribution in [0.25, 0.3) is 11.3 Å². The molecule has 2 heterocycles. The fourth-order valence-corrected chi connectivity index (χ4v) is 3.63. The lowest BCUT2D eigenvalue weighted by molar-refractivity contribution is -0.122. The Labute approximate surface area is 188 Å². The predicted molar refractivity (Wildman–Crippen MR) is 124 cm³/mol. The Morgan fingerprint density at radius 1 is 1.12 bits per heavy atom. The minimum Gasteiger partial charge on any atom is -0.490 e. The van der Waals surface area contributed by atoms with Gasteiger partial charge in [0.05, 0.1) is 17.5 Å². The molecule has 1 aliphatic rings. The first kappa shape index (κ1) is 21.8. The normalized spacial score (nSPS) is 16.3. The van der Waals surface area contributed by atoms with Gasteiger partial charge in [-0.25, -0.2) is 0 Å². The van der Waals surface area contributed by atoms with E-state index in [4.69, 9.17) is 9.47 Å². The Morgan fingerprint density at radius 2 is 1.91 bits per heavy atom. The average Bonchev–Trinajstić information content (AvgIpc) is 3.13. The van der Waals surface area contributed by atoms with Gasteiger partial charge in [0.25, 0.3) is 5.91 Å². The number of benzene rings is 2. The average molecular weight is 433 g/mol. The number of rotatable bonds is 7. The summed E-state index contributed by atoms with van der Waals surface area (Å²) >= 11 is 0. The number of nitrogens with zero attached hydrogens (tertiary/aromatic N) is 2. The number of hydrogen-bond donors (Lipinski definition) is 1. The highest BCUT2D eigenvalue weighted by Crippen LogP contribution is 2.29. The molecule has 3 aromatic rings. The Balaban J connectivity index is 1.40. The molecule has 1 fully saturated rings. The van der Waals surface area contributed by atoms with Crippen molar-refractivity contribution in [1.29, 1.82) is 0 Å². The third-order valence-corrected chi connectivity index (χ3v) is 5.29. The number of hydrogen-bond acceptors (Lipinski definition) is 5. The van der Waals surface area contributed by atoms with Gasteiger partial charge in [-0.05, 0) is 56.7 Å². The second-order valence-corrected chi connectivity index (χ2v) is 8.68. The quantitative estimate of drug-likeness (QED) is 0.600. The molecule has 2 aromatic carbocycles. The molecule has 1 saturated heterocycles. The molecule has 1 N–H and O–H groups in total. The van der Waals surface area contributed by atoms with Crippen LogP contribution in [0.2, 0.25) is 0 Å².